The molecule has 3 heterocycles. The molecule has 0 fully saturated rings. The number of pyridine rings is 2. The van der Waals surface area contributed by atoms with E-state index in [-0.39, 0.29) is 11.3 Å². The third-order valence-electron chi connectivity index (χ3n) is 5.00. The molecule has 0 radical (unpaired) electrons. The maximum absolute atomic E-state index is 12.5. The van der Waals surface area contributed by atoms with Crippen molar-refractivity contribution in [3.63, 3.8) is 0 Å². The topological polar surface area (TPSA) is 109 Å². The molecule has 1 unspecified atom stereocenters. The second kappa shape index (κ2) is 6.97. The number of hydrogen-bond donors (Lipinski definition) is 2. The number of aryl methyl sites for hydroxylation is 2. The van der Waals surface area contributed by atoms with Crippen LogP contribution in [0, 0.1) is 13.8 Å². The van der Waals surface area contributed by atoms with Crippen molar-refractivity contribution >= 4 is 26.8 Å². The Labute approximate surface area is 167 Å². The molecule has 0 bridgehead atoms. The van der Waals surface area contributed by atoms with Gasteiger partial charge in [0.15, 0.2) is 9.84 Å². The van der Waals surface area contributed by atoms with E-state index in [4.69, 9.17) is 0 Å². The summed E-state index contributed by atoms with van der Waals surface area (Å²) in [5, 5.41) is 4.24. The second-order valence-corrected chi connectivity index (χ2v) is 9.11. The zero-order valence-electron chi connectivity index (χ0n) is 15.9. The molecule has 3 aromatic rings. The molecule has 148 valence electrons. The first-order chi connectivity index (χ1) is 13.7. The molecule has 2 N–H and O–H groups in total. The summed E-state index contributed by atoms with van der Waals surface area (Å²) in [6.45, 7) is 4.06. The van der Waals surface area contributed by atoms with Gasteiger partial charge in [-0.25, -0.2) is 13.4 Å². The molecule has 1 aromatic carbocycles. The fraction of sp³-hybridized carbons (Fsp3) is 0.190. The number of nitrogens with zero attached hydrogens (tertiary/aromatic N) is 1. The molecule has 0 spiro atoms. The summed E-state index contributed by atoms with van der Waals surface area (Å²) in [5.74, 6) is -0.830. The Balaban J connectivity index is 1.65. The van der Waals surface area contributed by atoms with Crippen molar-refractivity contribution in [2.45, 2.75) is 19.9 Å². The molecule has 2 aromatic heterocycles. The molecule has 8 heteroatoms. The molecule has 1 amide bonds. The highest BCUT2D eigenvalue weighted by atomic mass is 32.2. The summed E-state index contributed by atoms with van der Waals surface area (Å²) in [6, 6.07) is 10.5. The first-order valence-corrected chi connectivity index (χ1v) is 10.8. The van der Waals surface area contributed by atoms with Gasteiger partial charge >= 0.3 is 0 Å². The zero-order chi connectivity index (χ0) is 20.8. The van der Waals surface area contributed by atoms with Crippen molar-refractivity contribution in [1.29, 1.82) is 0 Å². The summed E-state index contributed by atoms with van der Waals surface area (Å²) in [5.41, 5.74) is 3.70. The highest BCUT2D eigenvalue weighted by molar-refractivity contribution is 7.94. The molecular weight excluding hydrogens is 390 g/mol. The Morgan fingerprint density at radius 1 is 1.14 bits per heavy atom. The summed E-state index contributed by atoms with van der Waals surface area (Å²) >= 11 is 0. The molecule has 1 aliphatic rings. The number of carbonyl (C=O) groups is 1. The van der Waals surface area contributed by atoms with E-state index in [9.17, 15) is 18.0 Å². The lowest BCUT2D eigenvalue weighted by atomic mass is 10.0. The first-order valence-electron chi connectivity index (χ1n) is 9.05. The zero-order valence-corrected chi connectivity index (χ0v) is 16.7. The summed E-state index contributed by atoms with van der Waals surface area (Å²) < 4.78 is 22.9. The van der Waals surface area contributed by atoms with Gasteiger partial charge in [-0.15, -0.1) is 0 Å². The van der Waals surface area contributed by atoms with E-state index >= 15 is 0 Å². The monoisotopic (exact) mass is 409 g/mol. The minimum atomic E-state index is -3.30. The van der Waals surface area contributed by atoms with E-state index in [0.717, 1.165) is 22.2 Å². The maximum atomic E-state index is 12.5. The average Bonchev–Trinajstić information content (AvgIpc) is 3.01. The Bertz CT molecular complexity index is 1340. The quantitative estimate of drug-likeness (QED) is 0.690. The smallest absolute Gasteiger partial charge is 0.262 e. The van der Waals surface area contributed by atoms with E-state index in [1.54, 1.807) is 6.07 Å². The number of aromatic nitrogens is 2. The number of aromatic amines is 1. The molecule has 0 saturated carbocycles. The van der Waals surface area contributed by atoms with Crippen LogP contribution < -0.4 is 10.9 Å². The number of rotatable bonds is 3. The number of carbonyl (C=O) groups excluding carboxylic acids is 1. The minimum Gasteiger partial charge on any atom is -0.345 e. The van der Waals surface area contributed by atoms with Crippen LogP contribution >= 0.6 is 0 Å². The highest BCUT2D eigenvalue weighted by Gasteiger charge is 2.24. The number of nitrogens with one attached hydrogen (secondary N) is 2. The van der Waals surface area contributed by atoms with Gasteiger partial charge in [-0.05, 0) is 55.3 Å². The molecular formula is C21H19N3O4S. The molecule has 7 nitrogen and oxygen atoms in total. The standard InChI is InChI=1S/C21H19N3O4S/c1-12-3-4-14(9-13(12)2)18-6-5-15-10-17(21(26)24-19(15)23-18)20(25)22-16-7-8-29(27,28)11-16/h3-10,16H,11H2,1-2H3,(H,22,25)(H,23,24,26). The van der Waals surface area contributed by atoms with Crippen molar-refractivity contribution in [3.8, 4) is 11.3 Å². The van der Waals surface area contributed by atoms with Crippen LogP contribution in [0.3, 0.4) is 0 Å². The molecule has 0 saturated heterocycles. The van der Waals surface area contributed by atoms with Gasteiger partial charge in [0, 0.05) is 16.4 Å². The Kier molecular flexibility index (Phi) is 4.58. The normalized spacial score (nSPS) is 17.5. The van der Waals surface area contributed by atoms with Crippen molar-refractivity contribution < 1.29 is 13.2 Å². The van der Waals surface area contributed by atoms with E-state index in [0.29, 0.717) is 11.0 Å². The fourth-order valence-corrected chi connectivity index (χ4v) is 4.46. The van der Waals surface area contributed by atoms with Gasteiger partial charge in [-0.2, -0.15) is 0 Å². The Hall–Kier alpha value is -3.26. The number of fused-ring (bicyclic) bond motifs is 1. The van der Waals surface area contributed by atoms with E-state index in [1.807, 2.05) is 38.1 Å². The number of amides is 1. The Morgan fingerprint density at radius 2 is 1.93 bits per heavy atom. The van der Waals surface area contributed by atoms with Gasteiger partial charge in [-0.1, -0.05) is 12.1 Å². The predicted molar refractivity (Wildman–Crippen MR) is 111 cm³/mol. The molecule has 4 rings (SSSR count). The lowest BCUT2D eigenvalue weighted by Gasteiger charge is -2.10. The van der Waals surface area contributed by atoms with Crippen molar-refractivity contribution in [3.05, 3.63) is 74.9 Å². The number of H-pyrrole nitrogens is 1. The van der Waals surface area contributed by atoms with Crippen LogP contribution in [0.2, 0.25) is 0 Å². The largest absolute Gasteiger partial charge is 0.345 e. The molecule has 0 aliphatic carbocycles. The van der Waals surface area contributed by atoms with Crippen LogP contribution in [0.5, 0.6) is 0 Å². The van der Waals surface area contributed by atoms with E-state index in [2.05, 4.69) is 15.3 Å². The summed E-state index contributed by atoms with van der Waals surface area (Å²) in [4.78, 5) is 32.1. The van der Waals surface area contributed by atoms with E-state index in [1.165, 1.54) is 17.7 Å². The first kappa shape index (κ1) is 19.1. The third-order valence-corrected chi connectivity index (χ3v) is 6.39. The van der Waals surface area contributed by atoms with Gasteiger partial charge in [0.1, 0.15) is 11.2 Å². The van der Waals surface area contributed by atoms with E-state index < -0.39 is 27.3 Å². The van der Waals surface area contributed by atoms with Crippen molar-refractivity contribution in [2.75, 3.05) is 5.75 Å². The van der Waals surface area contributed by atoms with Crippen LogP contribution in [-0.4, -0.2) is 36.1 Å². The lowest BCUT2D eigenvalue weighted by Crippen LogP contribution is -2.38. The van der Waals surface area contributed by atoms with Gasteiger partial charge in [0.2, 0.25) is 0 Å². The van der Waals surface area contributed by atoms with Gasteiger partial charge < -0.3 is 10.3 Å². The SMILES string of the molecule is Cc1ccc(-c2ccc3cc(C(=O)NC4C=CS(=O)(=O)C4)c(=O)[nH]c3n2)cc1C. The maximum Gasteiger partial charge on any atom is 0.262 e. The van der Waals surface area contributed by atoms with Crippen molar-refractivity contribution in [2.24, 2.45) is 0 Å². The second-order valence-electron chi connectivity index (χ2n) is 7.18. The fourth-order valence-electron chi connectivity index (χ4n) is 3.22. The van der Waals surface area contributed by atoms with Crippen LogP contribution in [0.25, 0.3) is 22.3 Å². The third kappa shape index (κ3) is 3.84. The number of hydrogen-bond acceptors (Lipinski definition) is 5. The summed E-state index contributed by atoms with van der Waals surface area (Å²) in [7, 11) is -3.30. The van der Waals surface area contributed by atoms with Gasteiger partial charge in [0.25, 0.3) is 11.5 Å². The highest BCUT2D eigenvalue weighted by Crippen LogP contribution is 2.22. The average molecular weight is 409 g/mol. The van der Waals surface area contributed by atoms with Crippen LogP contribution in [-0.2, 0) is 9.84 Å². The number of sulfone groups is 1. The van der Waals surface area contributed by atoms with Crippen molar-refractivity contribution in [1.82, 2.24) is 15.3 Å². The molecule has 1 aliphatic heterocycles. The lowest BCUT2D eigenvalue weighted by molar-refractivity contribution is 0.0946. The Morgan fingerprint density at radius 3 is 2.62 bits per heavy atom. The minimum absolute atomic E-state index is 0.0871. The molecule has 1 atom stereocenters. The number of benzene rings is 1. The van der Waals surface area contributed by atoms with Gasteiger partial charge in [-0.3, -0.25) is 9.59 Å². The van der Waals surface area contributed by atoms with Crippen LogP contribution in [0.15, 0.2) is 52.7 Å². The molecule has 29 heavy (non-hydrogen) atoms. The van der Waals surface area contributed by atoms with Crippen LogP contribution in [0.1, 0.15) is 21.5 Å². The van der Waals surface area contributed by atoms with Gasteiger partial charge in [0.05, 0.1) is 17.5 Å². The predicted octanol–water partition coefficient (Wildman–Crippen LogP) is 2.25. The van der Waals surface area contributed by atoms with Crippen LogP contribution in [0.4, 0.5) is 0 Å². The summed E-state index contributed by atoms with van der Waals surface area (Å²) in [6.07, 6.45) is 1.40.